The first-order valence-corrected chi connectivity index (χ1v) is 7.04. The van der Waals surface area contributed by atoms with E-state index in [2.05, 4.69) is 11.4 Å². The number of allylic oxidation sites excluding steroid dienone is 1. The van der Waals surface area contributed by atoms with Gasteiger partial charge in [-0.25, -0.2) is 0 Å². The van der Waals surface area contributed by atoms with Gasteiger partial charge in [-0.1, -0.05) is 23.8 Å². The van der Waals surface area contributed by atoms with Crippen LogP contribution in [0.5, 0.6) is 0 Å². The number of hydrogen-bond donors (Lipinski definition) is 2. The highest BCUT2D eigenvalue weighted by Crippen LogP contribution is 2.19. The van der Waals surface area contributed by atoms with Gasteiger partial charge in [-0.15, -0.1) is 0 Å². The van der Waals surface area contributed by atoms with E-state index in [0.717, 1.165) is 24.9 Å². The molecule has 1 amide bonds. The first-order chi connectivity index (χ1) is 9.29. The van der Waals surface area contributed by atoms with E-state index in [1.54, 1.807) is 0 Å². The topological polar surface area (TPSA) is 55.1 Å². The molecule has 3 nitrogen and oxygen atoms in total. The summed E-state index contributed by atoms with van der Waals surface area (Å²) in [5.41, 5.74) is 8.88. The predicted molar refractivity (Wildman–Crippen MR) is 78.1 cm³/mol. The highest BCUT2D eigenvalue weighted by atomic mass is 16.1. The van der Waals surface area contributed by atoms with Gasteiger partial charge in [0.1, 0.15) is 0 Å². The number of nitrogens with one attached hydrogen (secondary N) is 1. The van der Waals surface area contributed by atoms with Crippen molar-refractivity contribution in [3.05, 3.63) is 47.0 Å². The maximum absolute atomic E-state index is 11.9. The molecule has 0 aromatic heterocycles. The Bertz CT molecular complexity index is 448. The molecule has 0 bridgehead atoms. The minimum Gasteiger partial charge on any atom is -0.352 e. The third kappa shape index (κ3) is 4.21. The Labute approximate surface area is 114 Å². The molecule has 0 saturated carbocycles. The first-order valence-electron chi connectivity index (χ1n) is 7.04. The Morgan fingerprint density at radius 1 is 1.21 bits per heavy atom. The third-order valence-electron chi connectivity index (χ3n) is 3.52. The molecule has 3 heteroatoms. The lowest BCUT2D eigenvalue weighted by atomic mass is 10.1. The van der Waals surface area contributed by atoms with Crippen molar-refractivity contribution in [2.24, 2.45) is 5.73 Å². The van der Waals surface area contributed by atoms with E-state index < -0.39 is 0 Å². The number of carbonyl (C=O) groups is 1. The Hall–Kier alpha value is -1.61. The van der Waals surface area contributed by atoms with Crippen LogP contribution in [-0.2, 0) is 6.42 Å². The van der Waals surface area contributed by atoms with Crippen LogP contribution in [0.25, 0.3) is 0 Å². The van der Waals surface area contributed by atoms with E-state index in [1.807, 2.05) is 24.3 Å². The predicted octanol–water partition coefficient (Wildman–Crippen LogP) is 2.42. The van der Waals surface area contributed by atoms with E-state index >= 15 is 0 Å². The molecular formula is C16H22N2O. The molecule has 0 heterocycles. The SMILES string of the molecule is NCCc1ccc(C(=O)NCCC2=CCCC2)cc1. The molecule has 1 aliphatic rings. The summed E-state index contributed by atoms with van der Waals surface area (Å²) in [6, 6.07) is 7.69. The van der Waals surface area contributed by atoms with Crippen molar-refractivity contribution in [2.45, 2.75) is 32.1 Å². The molecule has 1 aromatic carbocycles. The third-order valence-corrected chi connectivity index (χ3v) is 3.52. The monoisotopic (exact) mass is 258 g/mol. The second-order valence-corrected chi connectivity index (χ2v) is 5.00. The van der Waals surface area contributed by atoms with E-state index in [9.17, 15) is 4.79 Å². The first kappa shape index (κ1) is 13.8. The maximum atomic E-state index is 11.9. The molecule has 1 aromatic rings. The van der Waals surface area contributed by atoms with Crippen molar-refractivity contribution in [1.29, 1.82) is 0 Å². The van der Waals surface area contributed by atoms with Gasteiger partial charge in [-0.3, -0.25) is 4.79 Å². The van der Waals surface area contributed by atoms with Gasteiger partial charge in [-0.2, -0.15) is 0 Å². The van der Waals surface area contributed by atoms with Crippen LogP contribution in [0.15, 0.2) is 35.9 Å². The Balaban J connectivity index is 1.78. The molecule has 3 N–H and O–H groups in total. The number of hydrogen-bond acceptors (Lipinski definition) is 2. The molecule has 102 valence electrons. The normalized spacial score (nSPS) is 14.3. The van der Waals surface area contributed by atoms with Crippen molar-refractivity contribution >= 4 is 5.91 Å². The summed E-state index contributed by atoms with van der Waals surface area (Å²) in [7, 11) is 0. The minimum atomic E-state index is 0.0119. The van der Waals surface area contributed by atoms with Gasteiger partial charge >= 0.3 is 0 Å². The number of rotatable bonds is 6. The Morgan fingerprint density at radius 2 is 2.00 bits per heavy atom. The van der Waals surface area contributed by atoms with Crippen molar-refractivity contribution < 1.29 is 4.79 Å². The zero-order valence-electron chi connectivity index (χ0n) is 11.3. The molecule has 0 spiro atoms. The number of amides is 1. The van der Waals surface area contributed by atoms with Crippen molar-refractivity contribution in [1.82, 2.24) is 5.32 Å². The van der Waals surface area contributed by atoms with Crippen LogP contribution < -0.4 is 11.1 Å². The molecule has 19 heavy (non-hydrogen) atoms. The van der Waals surface area contributed by atoms with Gasteiger partial charge in [0, 0.05) is 12.1 Å². The molecule has 0 fully saturated rings. The van der Waals surface area contributed by atoms with E-state index in [1.165, 1.54) is 30.4 Å². The summed E-state index contributed by atoms with van der Waals surface area (Å²) in [5.74, 6) is 0.0119. The highest BCUT2D eigenvalue weighted by molar-refractivity contribution is 5.94. The molecule has 0 atom stereocenters. The lowest BCUT2D eigenvalue weighted by Crippen LogP contribution is -2.24. The average molecular weight is 258 g/mol. The largest absolute Gasteiger partial charge is 0.352 e. The van der Waals surface area contributed by atoms with Gasteiger partial charge in [-0.05, 0) is 56.3 Å². The molecule has 0 radical (unpaired) electrons. The maximum Gasteiger partial charge on any atom is 0.251 e. The van der Waals surface area contributed by atoms with Crippen molar-refractivity contribution in [3.63, 3.8) is 0 Å². The Kier molecular flexibility index (Phi) is 5.16. The van der Waals surface area contributed by atoms with Gasteiger partial charge in [0.15, 0.2) is 0 Å². The van der Waals surface area contributed by atoms with Crippen LogP contribution in [-0.4, -0.2) is 19.0 Å². The molecule has 0 aliphatic heterocycles. The van der Waals surface area contributed by atoms with Gasteiger partial charge in [0.25, 0.3) is 5.91 Å². The quantitative estimate of drug-likeness (QED) is 0.770. The van der Waals surface area contributed by atoms with Crippen LogP contribution in [0, 0.1) is 0 Å². The highest BCUT2D eigenvalue weighted by Gasteiger charge is 2.07. The van der Waals surface area contributed by atoms with Crippen molar-refractivity contribution in [3.8, 4) is 0 Å². The molecule has 0 unspecified atom stereocenters. The summed E-state index contributed by atoms with van der Waals surface area (Å²) in [4.78, 5) is 11.9. The molecule has 1 aliphatic carbocycles. The summed E-state index contributed by atoms with van der Waals surface area (Å²) in [5, 5.41) is 2.97. The van der Waals surface area contributed by atoms with Crippen molar-refractivity contribution in [2.75, 3.05) is 13.1 Å². The number of benzene rings is 1. The fourth-order valence-corrected chi connectivity index (χ4v) is 2.39. The average Bonchev–Trinajstić information content (AvgIpc) is 2.93. The van der Waals surface area contributed by atoms with Crippen LogP contribution in [0.2, 0.25) is 0 Å². The second-order valence-electron chi connectivity index (χ2n) is 5.00. The van der Waals surface area contributed by atoms with Crippen LogP contribution >= 0.6 is 0 Å². The minimum absolute atomic E-state index is 0.0119. The molecule has 0 saturated heterocycles. The summed E-state index contributed by atoms with van der Waals surface area (Å²) >= 11 is 0. The zero-order valence-corrected chi connectivity index (χ0v) is 11.3. The van der Waals surface area contributed by atoms with Crippen LogP contribution in [0.4, 0.5) is 0 Å². The van der Waals surface area contributed by atoms with E-state index in [-0.39, 0.29) is 5.91 Å². The van der Waals surface area contributed by atoms with E-state index in [4.69, 9.17) is 5.73 Å². The van der Waals surface area contributed by atoms with Crippen LogP contribution in [0.1, 0.15) is 41.6 Å². The molecule has 2 rings (SSSR count). The lowest BCUT2D eigenvalue weighted by molar-refractivity contribution is 0.0954. The second kappa shape index (κ2) is 7.10. The Morgan fingerprint density at radius 3 is 2.63 bits per heavy atom. The van der Waals surface area contributed by atoms with Gasteiger partial charge in [0.05, 0.1) is 0 Å². The van der Waals surface area contributed by atoms with Gasteiger partial charge in [0.2, 0.25) is 0 Å². The summed E-state index contributed by atoms with van der Waals surface area (Å²) < 4.78 is 0. The molecular weight excluding hydrogens is 236 g/mol. The number of nitrogens with two attached hydrogens (primary N) is 1. The summed E-state index contributed by atoms with van der Waals surface area (Å²) in [6.07, 6.45) is 7.81. The summed E-state index contributed by atoms with van der Waals surface area (Å²) in [6.45, 7) is 1.37. The fourth-order valence-electron chi connectivity index (χ4n) is 2.39. The van der Waals surface area contributed by atoms with E-state index in [0.29, 0.717) is 6.54 Å². The van der Waals surface area contributed by atoms with Crippen LogP contribution in [0.3, 0.4) is 0 Å². The fraction of sp³-hybridized carbons (Fsp3) is 0.438. The standard InChI is InChI=1S/C16H22N2O/c17-11-9-14-5-7-15(8-6-14)16(19)18-12-10-13-3-1-2-4-13/h3,5-8H,1-2,4,9-12,17H2,(H,18,19). The zero-order chi connectivity index (χ0) is 13.5. The number of carbonyl (C=O) groups excluding carboxylic acids is 1. The lowest BCUT2D eigenvalue weighted by Gasteiger charge is -2.06. The smallest absolute Gasteiger partial charge is 0.251 e. The van der Waals surface area contributed by atoms with Gasteiger partial charge < -0.3 is 11.1 Å².